The molecule has 1 N–H and O–H groups in total. The Labute approximate surface area is 173 Å². The number of carbonyl (C=O) groups excluding carboxylic acids is 1. The van der Waals surface area contributed by atoms with Gasteiger partial charge in [-0.15, -0.1) is 11.3 Å². The van der Waals surface area contributed by atoms with Crippen molar-refractivity contribution >= 4 is 50.6 Å². The van der Waals surface area contributed by atoms with Crippen LogP contribution in [0.3, 0.4) is 0 Å². The lowest BCUT2D eigenvalue weighted by Gasteiger charge is -2.43. The fraction of sp³-hybridized carbons (Fsp3) is 0.688. The number of halogens is 1. The van der Waals surface area contributed by atoms with Crippen LogP contribution in [-0.2, 0) is 19.6 Å². The van der Waals surface area contributed by atoms with Crippen LogP contribution in [0.1, 0.15) is 6.42 Å². The number of hydrogen-bond acceptors (Lipinski definition) is 7. The molecule has 27 heavy (non-hydrogen) atoms. The van der Waals surface area contributed by atoms with Crippen molar-refractivity contribution in [3.8, 4) is 0 Å². The SMILES string of the molecule is CN(CC(=O)NCC1(N2CCOCC2)CCSC1)S(=O)(=O)c1ccc(Cl)s1. The number of thioether (sulfide) groups is 1. The molecule has 2 aliphatic heterocycles. The summed E-state index contributed by atoms with van der Waals surface area (Å²) in [6.45, 7) is 3.46. The van der Waals surface area contributed by atoms with Crippen molar-refractivity contribution in [1.29, 1.82) is 0 Å². The molecular weight excluding hydrogens is 430 g/mol. The average molecular weight is 454 g/mol. The van der Waals surface area contributed by atoms with E-state index in [1.165, 1.54) is 19.2 Å². The number of morpholine rings is 1. The van der Waals surface area contributed by atoms with Crippen molar-refractivity contribution in [3.05, 3.63) is 16.5 Å². The van der Waals surface area contributed by atoms with E-state index in [0.717, 1.165) is 46.7 Å². The number of nitrogens with zero attached hydrogens (tertiary/aromatic N) is 2. The zero-order valence-corrected chi connectivity index (χ0v) is 18.4. The van der Waals surface area contributed by atoms with Gasteiger partial charge in [-0.05, 0) is 24.3 Å². The van der Waals surface area contributed by atoms with Gasteiger partial charge in [-0.2, -0.15) is 16.1 Å². The average Bonchev–Trinajstić information content (AvgIpc) is 3.31. The van der Waals surface area contributed by atoms with Crippen molar-refractivity contribution < 1.29 is 17.9 Å². The van der Waals surface area contributed by atoms with Gasteiger partial charge in [0, 0.05) is 38.0 Å². The van der Waals surface area contributed by atoms with Crippen LogP contribution < -0.4 is 5.32 Å². The molecule has 11 heteroatoms. The summed E-state index contributed by atoms with van der Waals surface area (Å²) in [5, 5.41) is 2.96. The molecule has 2 saturated heterocycles. The van der Waals surface area contributed by atoms with Crippen LogP contribution in [0.2, 0.25) is 4.34 Å². The van der Waals surface area contributed by atoms with Gasteiger partial charge in [0.1, 0.15) is 4.21 Å². The minimum Gasteiger partial charge on any atom is -0.379 e. The van der Waals surface area contributed by atoms with Gasteiger partial charge in [0.25, 0.3) is 10.0 Å². The van der Waals surface area contributed by atoms with E-state index in [2.05, 4.69) is 10.2 Å². The first-order chi connectivity index (χ1) is 12.8. The number of thiophene rings is 1. The molecule has 2 aliphatic rings. The predicted octanol–water partition coefficient (Wildman–Crippen LogP) is 1.35. The van der Waals surface area contributed by atoms with Gasteiger partial charge in [0.15, 0.2) is 0 Å². The third-order valence-electron chi connectivity index (χ3n) is 4.96. The van der Waals surface area contributed by atoms with Gasteiger partial charge < -0.3 is 10.1 Å². The highest BCUT2D eigenvalue weighted by Gasteiger charge is 2.41. The van der Waals surface area contributed by atoms with Crippen LogP contribution in [0.15, 0.2) is 16.3 Å². The second-order valence-corrected chi connectivity index (χ2v) is 11.8. The molecule has 152 valence electrons. The largest absolute Gasteiger partial charge is 0.379 e. The summed E-state index contributed by atoms with van der Waals surface area (Å²) >= 11 is 8.71. The van der Waals surface area contributed by atoms with E-state index in [9.17, 15) is 13.2 Å². The number of amides is 1. The number of likely N-dealkylation sites (N-methyl/N-ethyl adjacent to an activating group) is 1. The zero-order valence-electron chi connectivity index (χ0n) is 15.1. The Hall–Kier alpha value is -0.360. The van der Waals surface area contributed by atoms with Crippen LogP contribution in [0.25, 0.3) is 0 Å². The van der Waals surface area contributed by atoms with Gasteiger partial charge in [-0.25, -0.2) is 8.42 Å². The molecule has 1 aromatic heterocycles. The predicted molar refractivity (Wildman–Crippen MR) is 109 cm³/mol. The molecule has 1 aromatic rings. The molecule has 0 spiro atoms. The van der Waals surface area contributed by atoms with Crippen molar-refractivity contribution in [3.63, 3.8) is 0 Å². The molecular formula is C16H24ClN3O4S3. The number of rotatable bonds is 7. The van der Waals surface area contributed by atoms with E-state index in [0.29, 0.717) is 24.1 Å². The monoisotopic (exact) mass is 453 g/mol. The standard InChI is InChI=1S/C16H24ClN3O4S3/c1-19(27(22,23)15-3-2-13(17)26-15)10-14(21)18-11-16(4-9-25-12-16)20-5-7-24-8-6-20/h2-3H,4-12H2,1H3,(H,18,21). The molecule has 1 atom stereocenters. The van der Waals surface area contributed by atoms with Gasteiger partial charge in [-0.1, -0.05) is 11.6 Å². The van der Waals surface area contributed by atoms with Crippen LogP contribution >= 0.6 is 34.7 Å². The molecule has 0 radical (unpaired) electrons. The third-order valence-corrected chi connectivity index (χ3v) is 9.69. The first kappa shape index (κ1) is 21.4. The Kier molecular flexibility index (Phi) is 7.10. The molecule has 1 unspecified atom stereocenters. The van der Waals surface area contributed by atoms with E-state index in [1.54, 1.807) is 0 Å². The van der Waals surface area contributed by atoms with E-state index in [4.69, 9.17) is 16.3 Å². The molecule has 2 fully saturated rings. The molecule has 1 amide bonds. The quantitative estimate of drug-likeness (QED) is 0.671. The van der Waals surface area contributed by atoms with Crippen molar-refractivity contribution in [2.75, 3.05) is 57.9 Å². The lowest BCUT2D eigenvalue weighted by molar-refractivity contribution is -0.122. The molecule has 0 bridgehead atoms. The van der Waals surface area contributed by atoms with Crippen molar-refractivity contribution in [1.82, 2.24) is 14.5 Å². The number of nitrogens with one attached hydrogen (secondary N) is 1. The van der Waals surface area contributed by atoms with E-state index in [-0.39, 0.29) is 22.2 Å². The summed E-state index contributed by atoms with van der Waals surface area (Å²) in [6.07, 6.45) is 1.01. The van der Waals surface area contributed by atoms with Crippen LogP contribution in [0, 0.1) is 0 Å². The topological polar surface area (TPSA) is 79.0 Å². The Balaban J connectivity index is 1.58. The molecule has 0 aromatic carbocycles. The lowest BCUT2D eigenvalue weighted by atomic mass is 9.95. The highest BCUT2D eigenvalue weighted by Crippen LogP contribution is 2.33. The minimum atomic E-state index is -3.71. The molecule has 3 rings (SSSR count). The summed E-state index contributed by atoms with van der Waals surface area (Å²) in [4.78, 5) is 14.8. The summed E-state index contributed by atoms with van der Waals surface area (Å²) in [5.41, 5.74) is -0.0666. The molecule has 0 aliphatic carbocycles. The van der Waals surface area contributed by atoms with Gasteiger partial charge in [0.2, 0.25) is 5.91 Å². The summed E-state index contributed by atoms with van der Waals surface area (Å²) in [7, 11) is -2.30. The second-order valence-electron chi connectivity index (χ2n) is 6.72. The van der Waals surface area contributed by atoms with Crippen LogP contribution in [0.4, 0.5) is 0 Å². The Morgan fingerprint density at radius 2 is 2.15 bits per heavy atom. The third kappa shape index (κ3) is 4.98. The number of ether oxygens (including phenoxy) is 1. The second kappa shape index (κ2) is 8.98. The van der Waals surface area contributed by atoms with Crippen molar-refractivity contribution in [2.45, 2.75) is 16.2 Å². The molecule has 7 nitrogen and oxygen atoms in total. The highest BCUT2D eigenvalue weighted by atomic mass is 35.5. The highest BCUT2D eigenvalue weighted by molar-refractivity contribution is 7.99. The minimum absolute atomic E-state index is 0.0666. The maximum absolute atomic E-state index is 12.5. The number of carbonyl (C=O) groups is 1. The fourth-order valence-electron chi connectivity index (χ4n) is 3.33. The summed E-state index contributed by atoms with van der Waals surface area (Å²) in [5.74, 6) is 1.74. The first-order valence-corrected chi connectivity index (χ1v) is 12.5. The lowest BCUT2D eigenvalue weighted by Crippen LogP contribution is -2.59. The summed E-state index contributed by atoms with van der Waals surface area (Å²) in [6, 6.07) is 3.00. The van der Waals surface area contributed by atoms with Gasteiger partial charge in [-0.3, -0.25) is 9.69 Å². The Morgan fingerprint density at radius 3 is 2.74 bits per heavy atom. The van der Waals surface area contributed by atoms with E-state index >= 15 is 0 Å². The first-order valence-electron chi connectivity index (χ1n) is 8.72. The molecule has 3 heterocycles. The normalized spacial score (nSPS) is 24.4. The Bertz CT molecular complexity index is 759. The van der Waals surface area contributed by atoms with Gasteiger partial charge >= 0.3 is 0 Å². The fourth-order valence-corrected chi connectivity index (χ4v) is 7.63. The van der Waals surface area contributed by atoms with Gasteiger partial charge in [0.05, 0.1) is 24.1 Å². The number of sulfonamides is 1. The zero-order chi connectivity index (χ0) is 19.5. The molecule has 0 saturated carbocycles. The Morgan fingerprint density at radius 1 is 1.41 bits per heavy atom. The van der Waals surface area contributed by atoms with E-state index < -0.39 is 10.0 Å². The van der Waals surface area contributed by atoms with Crippen molar-refractivity contribution in [2.24, 2.45) is 0 Å². The van der Waals surface area contributed by atoms with E-state index in [1.807, 2.05) is 11.8 Å². The van der Waals surface area contributed by atoms with Crippen LogP contribution in [0.5, 0.6) is 0 Å². The number of hydrogen-bond donors (Lipinski definition) is 1. The summed E-state index contributed by atoms with van der Waals surface area (Å²) < 4.78 is 32.1. The van der Waals surface area contributed by atoms with Crippen LogP contribution in [-0.4, -0.2) is 87.0 Å². The smallest absolute Gasteiger partial charge is 0.252 e. The maximum Gasteiger partial charge on any atom is 0.252 e. The maximum atomic E-state index is 12.5.